The summed E-state index contributed by atoms with van der Waals surface area (Å²) in [7, 11) is -0.545. The summed E-state index contributed by atoms with van der Waals surface area (Å²) in [5.74, 6) is -0.164. The van der Waals surface area contributed by atoms with Gasteiger partial charge in [-0.25, -0.2) is 12.7 Å². The van der Waals surface area contributed by atoms with E-state index >= 15 is 0 Å². The van der Waals surface area contributed by atoms with E-state index in [1.165, 1.54) is 29.5 Å². The Kier molecular flexibility index (Phi) is 6.85. The van der Waals surface area contributed by atoms with Crippen LogP contribution in [0.4, 0.5) is 5.69 Å². The molecule has 0 aliphatic carbocycles. The number of carbonyl (C=O) groups is 1. The molecule has 1 atom stereocenters. The highest BCUT2D eigenvalue weighted by Crippen LogP contribution is 2.22. The van der Waals surface area contributed by atoms with Crippen LogP contribution in [-0.4, -0.2) is 39.3 Å². The first kappa shape index (κ1) is 21.9. The first-order chi connectivity index (χ1) is 13.0. The van der Waals surface area contributed by atoms with Crippen molar-refractivity contribution in [2.24, 2.45) is 0 Å². The molecular weight excluding hydrogens is 374 g/mol. The molecule has 0 saturated heterocycles. The molecule has 2 aromatic rings. The average molecular weight is 404 g/mol. The standard InChI is InChI=1S/C21H29N3O3S/c1-14-7-9-18(11-16(14)3)17(4)23-21(25)13-22-19-10-8-15(2)20(12-19)28(26,27)24(5)6/h7-12,17,22H,13H2,1-6H3,(H,23,25)/t17-/m0/s1. The fourth-order valence-electron chi connectivity index (χ4n) is 2.78. The van der Waals surface area contributed by atoms with Gasteiger partial charge >= 0.3 is 0 Å². The van der Waals surface area contributed by atoms with E-state index in [1.807, 2.05) is 26.0 Å². The zero-order chi connectivity index (χ0) is 21.1. The zero-order valence-corrected chi connectivity index (χ0v) is 18.1. The van der Waals surface area contributed by atoms with Crippen molar-refractivity contribution in [3.63, 3.8) is 0 Å². The number of benzene rings is 2. The molecule has 0 saturated carbocycles. The van der Waals surface area contributed by atoms with Crippen molar-refractivity contribution in [2.45, 2.75) is 38.6 Å². The van der Waals surface area contributed by atoms with Crippen molar-refractivity contribution in [1.82, 2.24) is 9.62 Å². The van der Waals surface area contributed by atoms with Crippen molar-refractivity contribution in [3.05, 3.63) is 58.7 Å². The Morgan fingerprint density at radius 3 is 2.25 bits per heavy atom. The maximum atomic E-state index is 12.4. The molecule has 0 spiro atoms. The Labute approximate surface area is 168 Å². The van der Waals surface area contributed by atoms with E-state index in [0.29, 0.717) is 11.3 Å². The summed E-state index contributed by atoms with van der Waals surface area (Å²) in [5.41, 5.74) is 4.69. The van der Waals surface area contributed by atoms with Gasteiger partial charge in [0.1, 0.15) is 0 Å². The molecule has 7 heteroatoms. The topological polar surface area (TPSA) is 78.5 Å². The second kappa shape index (κ2) is 8.75. The molecule has 0 fully saturated rings. The SMILES string of the molecule is Cc1ccc([C@H](C)NC(=O)CNc2ccc(C)c(S(=O)(=O)N(C)C)c2)cc1C. The Morgan fingerprint density at radius 1 is 1.00 bits per heavy atom. The predicted molar refractivity (Wildman–Crippen MR) is 113 cm³/mol. The minimum absolute atomic E-state index is 0.0553. The van der Waals surface area contributed by atoms with E-state index in [1.54, 1.807) is 25.1 Å². The molecule has 0 aliphatic heterocycles. The molecule has 0 aromatic heterocycles. The monoisotopic (exact) mass is 403 g/mol. The number of rotatable bonds is 7. The van der Waals surface area contributed by atoms with Crippen LogP contribution in [0.1, 0.15) is 35.2 Å². The Morgan fingerprint density at radius 2 is 1.64 bits per heavy atom. The molecule has 2 rings (SSSR count). The molecule has 0 heterocycles. The highest BCUT2D eigenvalue weighted by atomic mass is 32.2. The number of nitrogens with one attached hydrogen (secondary N) is 2. The van der Waals surface area contributed by atoms with Crippen molar-refractivity contribution in [2.75, 3.05) is 26.0 Å². The van der Waals surface area contributed by atoms with Gasteiger partial charge in [-0.3, -0.25) is 4.79 Å². The lowest BCUT2D eigenvalue weighted by atomic mass is 10.0. The summed E-state index contributed by atoms with van der Waals surface area (Å²) in [4.78, 5) is 12.5. The fourth-order valence-corrected chi connectivity index (χ4v) is 3.92. The fraction of sp³-hybridized carbons (Fsp3) is 0.381. The Hall–Kier alpha value is -2.38. The van der Waals surface area contributed by atoms with Gasteiger partial charge in [0, 0.05) is 19.8 Å². The van der Waals surface area contributed by atoms with Gasteiger partial charge in [0.2, 0.25) is 15.9 Å². The van der Waals surface area contributed by atoms with Crippen LogP contribution in [0.15, 0.2) is 41.3 Å². The summed E-state index contributed by atoms with van der Waals surface area (Å²) in [5, 5.41) is 5.97. The Balaban J connectivity index is 2.03. The zero-order valence-electron chi connectivity index (χ0n) is 17.3. The molecule has 0 bridgehead atoms. The van der Waals surface area contributed by atoms with Crippen LogP contribution < -0.4 is 10.6 Å². The van der Waals surface area contributed by atoms with Crippen molar-refractivity contribution >= 4 is 21.6 Å². The van der Waals surface area contributed by atoms with Crippen LogP contribution in [0.25, 0.3) is 0 Å². The largest absolute Gasteiger partial charge is 0.376 e. The molecule has 152 valence electrons. The van der Waals surface area contributed by atoms with E-state index in [4.69, 9.17) is 0 Å². The summed E-state index contributed by atoms with van der Waals surface area (Å²) >= 11 is 0. The molecule has 28 heavy (non-hydrogen) atoms. The molecular formula is C21H29N3O3S. The third-order valence-electron chi connectivity index (χ3n) is 4.81. The normalized spacial score (nSPS) is 12.7. The van der Waals surface area contributed by atoms with Crippen molar-refractivity contribution in [3.8, 4) is 0 Å². The maximum absolute atomic E-state index is 12.4. The summed E-state index contributed by atoms with van der Waals surface area (Å²) in [6.07, 6.45) is 0. The minimum Gasteiger partial charge on any atom is -0.376 e. The lowest BCUT2D eigenvalue weighted by Crippen LogP contribution is -2.32. The number of amides is 1. The predicted octanol–water partition coefficient (Wildman–Crippen LogP) is 3.15. The number of hydrogen-bond donors (Lipinski definition) is 2. The van der Waals surface area contributed by atoms with Gasteiger partial charge in [0.25, 0.3) is 0 Å². The van der Waals surface area contributed by atoms with E-state index in [9.17, 15) is 13.2 Å². The lowest BCUT2D eigenvalue weighted by Gasteiger charge is -2.17. The van der Waals surface area contributed by atoms with Crippen molar-refractivity contribution < 1.29 is 13.2 Å². The van der Waals surface area contributed by atoms with E-state index in [-0.39, 0.29) is 23.4 Å². The third-order valence-corrected chi connectivity index (χ3v) is 6.77. The number of aryl methyl sites for hydroxylation is 3. The second-order valence-electron chi connectivity index (χ2n) is 7.25. The van der Waals surface area contributed by atoms with Gasteiger partial charge in [-0.05, 0) is 62.1 Å². The smallest absolute Gasteiger partial charge is 0.242 e. The number of nitrogens with zero attached hydrogens (tertiary/aromatic N) is 1. The first-order valence-electron chi connectivity index (χ1n) is 9.16. The molecule has 0 radical (unpaired) electrons. The number of sulfonamides is 1. The van der Waals surface area contributed by atoms with Gasteiger partial charge < -0.3 is 10.6 Å². The lowest BCUT2D eigenvalue weighted by molar-refractivity contribution is -0.120. The van der Waals surface area contributed by atoms with E-state index in [2.05, 4.69) is 23.6 Å². The minimum atomic E-state index is -3.54. The van der Waals surface area contributed by atoms with Crippen LogP contribution >= 0.6 is 0 Å². The molecule has 2 aromatic carbocycles. The molecule has 0 aliphatic rings. The van der Waals surface area contributed by atoms with Crippen LogP contribution in [-0.2, 0) is 14.8 Å². The van der Waals surface area contributed by atoms with Gasteiger partial charge in [-0.15, -0.1) is 0 Å². The molecule has 0 unspecified atom stereocenters. The van der Waals surface area contributed by atoms with Gasteiger partial charge in [0.05, 0.1) is 17.5 Å². The number of anilines is 1. The van der Waals surface area contributed by atoms with Gasteiger partial charge in [0.15, 0.2) is 0 Å². The van der Waals surface area contributed by atoms with Crippen LogP contribution in [0.5, 0.6) is 0 Å². The van der Waals surface area contributed by atoms with Gasteiger partial charge in [-0.1, -0.05) is 24.3 Å². The number of hydrogen-bond acceptors (Lipinski definition) is 4. The quantitative estimate of drug-likeness (QED) is 0.744. The highest BCUT2D eigenvalue weighted by Gasteiger charge is 2.20. The van der Waals surface area contributed by atoms with Crippen LogP contribution in [0, 0.1) is 20.8 Å². The maximum Gasteiger partial charge on any atom is 0.242 e. The molecule has 6 nitrogen and oxygen atoms in total. The molecule has 2 N–H and O–H groups in total. The first-order valence-corrected chi connectivity index (χ1v) is 10.6. The van der Waals surface area contributed by atoms with E-state index in [0.717, 1.165) is 5.56 Å². The summed E-state index contributed by atoms with van der Waals surface area (Å²) in [6.45, 7) is 7.84. The third kappa shape index (κ3) is 5.11. The average Bonchev–Trinajstić information content (AvgIpc) is 2.62. The van der Waals surface area contributed by atoms with Gasteiger partial charge in [-0.2, -0.15) is 0 Å². The second-order valence-corrected chi connectivity index (χ2v) is 9.37. The van der Waals surface area contributed by atoms with Crippen molar-refractivity contribution in [1.29, 1.82) is 0 Å². The highest BCUT2D eigenvalue weighted by molar-refractivity contribution is 7.89. The molecule has 1 amide bonds. The van der Waals surface area contributed by atoms with Crippen LogP contribution in [0.3, 0.4) is 0 Å². The Bertz CT molecular complexity index is 969. The van der Waals surface area contributed by atoms with E-state index < -0.39 is 10.0 Å². The number of carbonyl (C=O) groups excluding carboxylic acids is 1. The summed E-state index contributed by atoms with van der Waals surface area (Å²) < 4.78 is 26.0. The van der Waals surface area contributed by atoms with Crippen LogP contribution in [0.2, 0.25) is 0 Å². The summed E-state index contributed by atoms with van der Waals surface area (Å²) in [6, 6.07) is 11.1.